The van der Waals surface area contributed by atoms with E-state index in [1.807, 2.05) is 0 Å². The largest absolute Gasteiger partial charge is 0.472 e. The summed E-state index contributed by atoms with van der Waals surface area (Å²) in [4.78, 5) is 36.4. The zero-order valence-electron chi connectivity index (χ0n) is 21.1. The highest BCUT2D eigenvalue weighted by molar-refractivity contribution is 5.67. The third-order valence-electron chi connectivity index (χ3n) is 9.55. The van der Waals surface area contributed by atoms with Crippen molar-refractivity contribution in [3.05, 3.63) is 12.3 Å². The molecule has 0 N–H and O–H groups in total. The maximum Gasteiger partial charge on any atom is 0.303 e. The molecule has 0 bridgehead atoms. The molecule has 0 radical (unpaired) electrons. The summed E-state index contributed by atoms with van der Waals surface area (Å²) in [6.45, 7) is 8.93. The van der Waals surface area contributed by atoms with Crippen molar-refractivity contribution in [2.45, 2.75) is 90.5 Å². The highest BCUT2D eigenvalue weighted by Crippen LogP contribution is 2.70. The van der Waals surface area contributed by atoms with E-state index >= 15 is 0 Å². The lowest BCUT2D eigenvalue weighted by Crippen LogP contribution is -2.72. The first-order valence-electron chi connectivity index (χ1n) is 12.6. The van der Waals surface area contributed by atoms with Gasteiger partial charge in [-0.25, -0.2) is 0 Å². The summed E-state index contributed by atoms with van der Waals surface area (Å²) in [5.41, 5.74) is -2.14. The summed E-state index contributed by atoms with van der Waals surface area (Å²) in [6.07, 6.45) is 4.96. The lowest BCUT2D eigenvalue weighted by molar-refractivity contribution is -0.269. The quantitative estimate of drug-likeness (QED) is 0.325. The average Bonchev–Trinajstić information content (AvgIpc) is 3.26. The highest BCUT2D eigenvalue weighted by atomic mass is 16.7. The first-order chi connectivity index (χ1) is 16.5. The molecule has 2 saturated carbocycles. The number of fused-ring (bicyclic) bond motifs is 3. The molecule has 4 fully saturated rings. The fraction of sp³-hybridized carbons (Fsp3) is 0.808. The molecule has 35 heavy (non-hydrogen) atoms. The Bertz CT molecular complexity index is 926. The molecule has 0 aromatic carbocycles. The Kier molecular flexibility index (Phi) is 5.95. The molecule has 5 rings (SSSR count). The molecule has 9 heteroatoms. The van der Waals surface area contributed by atoms with E-state index in [1.165, 1.54) is 20.8 Å². The normalized spacial score (nSPS) is 47.4. The molecule has 2 saturated heterocycles. The van der Waals surface area contributed by atoms with Gasteiger partial charge in [-0.1, -0.05) is 13.8 Å². The molecule has 0 aromatic rings. The Labute approximate surface area is 205 Å². The second-order valence-electron chi connectivity index (χ2n) is 11.2. The van der Waals surface area contributed by atoms with Crippen LogP contribution in [0.3, 0.4) is 0 Å². The van der Waals surface area contributed by atoms with Crippen molar-refractivity contribution in [1.29, 1.82) is 0 Å². The van der Waals surface area contributed by atoms with E-state index in [9.17, 15) is 14.4 Å². The number of ether oxygens (including phenoxy) is 6. The van der Waals surface area contributed by atoms with Crippen molar-refractivity contribution in [3.63, 3.8) is 0 Å². The van der Waals surface area contributed by atoms with Gasteiger partial charge in [0.25, 0.3) is 0 Å². The van der Waals surface area contributed by atoms with Gasteiger partial charge in [-0.3, -0.25) is 14.4 Å². The number of epoxide rings is 1. The monoisotopic (exact) mass is 492 g/mol. The van der Waals surface area contributed by atoms with Gasteiger partial charge in [0.1, 0.15) is 24.4 Å². The van der Waals surface area contributed by atoms with E-state index < -0.39 is 41.1 Å². The van der Waals surface area contributed by atoms with Crippen LogP contribution in [0.15, 0.2) is 12.3 Å². The van der Waals surface area contributed by atoms with E-state index in [2.05, 4.69) is 19.9 Å². The summed E-state index contributed by atoms with van der Waals surface area (Å²) in [6, 6.07) is 0. The molecule has 0 amide bonds. The Morgan fingerprint density at radius 1 is 1.00 bits per heavy atom. The molecule has 5 aliphatic rings. The molecule has 0 unspecified atom stereocenters. The minimum Gasteiger partial charge on any atom is -0.472 e. The number of carbonyl (C=O) groups is 3. The highest BCUT2D eigenvalue weighted by Gasteiger charge is 2.80. The van der Waals surface area contributed by atoms with Crippen LogP contribution in [-0.2, 0) is 42.8 Å². The van der Waals surface area contributed by atoms with Crippen LogP contribution in [0.25, 0.3) is 0 Å². The van der Waals surface area contributed by atoms with E-state index in [1.54, 1.807) is 6.26 Å². The van der Waals surface area contributed by atoms with E-state index in [0.717, 1.165) is 6.42 Å². The van der Waals surface area contributed by atoms with Gasteiger partial charge in [-0.2, -0.15) is 0 Å². The second kappa shape index (κ2) is 8.47. The minimum atomic E-state index is -0.899. The first-order valence-corrected chi connectivity index (χ1v) is 12.6. The van der Waals surface area contributed by atoms with Crippen molar-refractivity contribution in [2.24, 2.45) is 28.6 Å². The van der Waals surface area contributed by atoms with Crippen LogP contribution in [0, 0.1) is 28.6 Å². The van der Waals surface area contributed by atoms with Crippen molar-refractivity contribution in [1.82, 2.24) is 0 Å². The predicted molar refractivity (Wildman–Crippen MR) is 120 cm³/mol. The lowest BCUT2D eigenvalue weighted by atomic mass is 9.42. The molecule has 9 nitrogen and oxygen atoms in total. The minimum absolute atomic E-state index is 0.0149. The molecular formula is C26H36O9. The van der Waals surface area contributed by atoms with Gasteiger partial charge >= 0.3 is 17.9 Å². The zero-order valence-corrected chi connectivity index (χ0v) is 21.1. The number of hydrogen-bond acceptors (Lipinski definition) is 9. The first kappa shape index (κ1) is 24.6. The molecular weight excluding hydrogens is 456 g/mol. The van der Waals surface area contributed by atoms with Gasteiger partial charge in [-0.15, -0.1) is 0 Å². The summed E-state index contributed by atoms with van der Waals surface area (Å²) < 4.78 is 35.9. The van der Waals surface area contributed by atoms with Crippen LogP contribution in [0.2, 0.25) is 0 Å². The summed E-state index contributed by atoms with van der Waals surface area (Å²) in [5, 5.41) is 0. The van der Waals surface area contributed by atoms with Crippen molar-refractivity contribution < 1.29 is 42.8 Å². The maximum atomic E-state index is 12.3. The Hall–Kier alpha value is -2.13. The summed E-state index contributed by atoms with van der Waals surface area (Å²) in [7, 11) is 0. The fourth-order valence-electron chi connectivity index (χ4n) is 7.82. The third-order valence-corrected chi connectivity index (χ3v) is 9.55. The molecule has 0 aromatic heterocycles. The van der Waals surface area contributed by atoms with Gasteiger partial charge in [0, 0.05) is 32.1 Å². The molecule has 2 aliphatic carbocycles. The van der Waals surface area contributed by atoms with Crippen LogP contribution in [-0.4, -0.2) is 61.3 Å². The van der Waals surface area contributed by atoms with Crippen LogP contribution in [0.5, 0.6) is 0 Å². The zero-order chi connectivity index (χ0) is 25.2. The van der Waals surface area contributed by atoms with Gasteiger partial charge in [0.05, 0.1) is 24.4 Å². The predicted octanol–water partition coefficient (Wildman–Crippen LogP) is 2.90. The Balaban J connectivity index is 1.62. The molecule has 1 spiro atoms. The fourth-order valence-corrected chi connectivity index (χ4v) is 7.82. The number of carbonyl (C=O) groups excluding carboxylic acids is 3. The molecule has 3 aliphatic heterocycles. The van der Waals surface area contributed by atoms with Gasteiger partial charge in [-0.05, 0) is 43.6 Å². The Morgan fingerprint density at radius 3 is 2.29 bits per heavy atom. The topological polar surface area (TPSA) is 110 Å². The van der Waals surface area contributed by atoms with Crippen LogP contribution >= 0.6 is 0 Å². The average molecular weight is 493 g/mol. The third kappa shape index (κ3) is 3.60. The molecule has 10 atom stereocenters. The van der Waals surface area contributed by atoms with E-state index in [0.29, 0.717) is 25.9 Å². The molecule has 194 valence electrons. The van der Waals surface area contributed by atoms with Crippen LogP contribution in [0.1, 0.15) is 60.3 Å². The smallest absolute Gasteiger partial charge is 0.303 e. The summed E-state index contributed by atoms with van der Waals surface area (Å²) in [5.74, 6) is -0.960. The summed E-state index contributed by atoms with van der Waals surface area (Å²) >= 11 is 0. The van der Waals surface area contributed by atoms with Crippen LogP contribution in [0.4, 0.5) is 0 Å². The SMILES string of the molecule is CC(=O)OC[C@@]12[C@@H](OC(C)=O)C[C@@H](C)[C@](C)([C@@H]3C[C@H]4C=CO[C@H]4O3)[C@H]1CC[C@H](OC(C)=O)[C@]21CO1. The molecule has 3 heterocycles. The van der Waals surface area contributed by atoms with Crippen molar-refractivity contribution >= 4 is 17.9 Å². The van der Waals surface area contributed by atoms with Gasteiger partial charge in [0.15, 0.2) is 0 Å². The standard InChI is InChI=1S/C26H36O9/c1-14-10-22(34-17(4)29)25(12-31-15(2)27)19(6-7-20(33-16(3)28)26(25)13-32-26)24(14,5)21-11-18-8-9-30-23(18)35-21/h8-9,14,18-23H,6-7,10-13H2,1-5H3/t14-,18-,19-,20+,21+,22+,23+,24+,25+,26-/m1/s1. The van der Waals surface area contributed by atoms with E-state index in [4.69, 9.17) is 28.4 Å². The van der Waals surface area contributed by atoms with Crippen LogP contribution < -0.4 is 0 Å². The number of esters is 3. The number of rotatable bonds is 5. The van der Waals surface area contributed by atoms with Crippen molar-refractivity contribution in [3.8, 4) is 0 Å². The lowest BCUT2D eigenvalue weighted by Gasteiger charge is -2.64. The van der Waals surface area contributed by atoms with Gasteiger partial charge < -0.3 is 28.4 Å². The maximum absolute atomic E-state index is 12.3. The Morgan fingerprint density at radius 2 is 1.69 bits per heavy atom. The number of hydrogen-bond donors (Lipinski definition) is 0. The second-order valence-corrected chi connectivity index (χ2v) is 11.2. The van der Waals surface area contributed by atoms with Gasteiger partial charge in [0.2, 0.25) is 6.29 Å². The van der Waals surface area contributed by atoms with Crippen molar-refractivity contribution in [2.75, 3.05) is 13.2 Å². The van der Waals surface area contributed by atoms with E-state index in [-0.39, 0.29) is 42.2 Å².